The minimum atomic E-state index is -0.324. The predicted molar refractivity (Wildman–Crippen MR) is 175 cm³/mol. The number of halogens is 1. The third-order valence-electron chi connectivity index (χ3n) is 8.25. The topological polar surface area (TPSA) is 95.2 Å². The lowest BCUT2D eigenvalue weighted by atomic mass is 10.0. The van der Waals surface area contributed by atoms with Crippen LogP contribution < -0.4 is 9.47 Å². The van der Waals surface area contributed by atoms with Gasteiger partial charge in [0, 0.05) is 59.0 Å². The number of hydrogen-bond acceptors (Lipinski definition) is 7. The molecule has 2 N–H and O–H groups in total. The van der Waals surface area contributed by atoms with Crippen molar-refractivity contribution in [1.29, 1.82) is 0 Å². The molecule has 1 fully saturated rings. The molecule has 230 valence electrons. The van der Waals surface area contributed by atoms with Gasteiger partial charge >= 0.3 is 0 Å². The van der Waals surface area contributed by atoms with Crippen LogP contribution in [-0.4, -0.2) is 88.4 Å². The number of rotatable bonds is 11. The largest absolute Gasteiger partial charge is 0.492 e. The molecule has 1 saturated heterocycles. The lowest BCUT2D eigenvalue weighted by molar-refractivity contribution is 0.237. The van der Waals surface area contributed by atoms with E-state index in [1.807, 2.05) is 50.6 Å². The SMILES string of the molecule is CN(C)CCOc1cncc(-c2cnc3[nH]nc(-c4cc5c(-c6cc(F)cc(OCCN7CCCC7)c6)cccc5[nH]4)c3c2)c1. The fraction of sp³-hybridized carbons (Fsp3) is 0.286. The molecule has 0 bridgehead atoms. The van der Waals surface area contributed by atoms with E-state index in [2.05, 4.69) is 47.1 Å². The van der Waals surface area contributed by atoms with Crippen molar-refractivity contribution in [3.63, 3.8) is 0 Å². The molecule has 0 atom stereocenters. The average molecular weight is 606 g/mol. The Bertz CT molecular complexity index is 1940. The highest BCUT2D eigenvalue weighted by atomic mass is 19.1. The monoisotopic (exact) mass is 605 g/mol. The van der Waals surface area contributed by atoms with E-state index in [4.69, 9.17) is 9.47 Å². The average Bonchev–Trinajstić information content (AvgIpc) is 3.80. The molecule has 0 saturated carbocycles. The molecule has 0 spiro atoms. The van der Waals surface area contributed by atoms with Gasteiger partial charge < -0.3 is 19.4 Å². The van der Waals surface area contributed by atoms with Crippen molar-refractivity contribution in [3.8, 4) is 45.1 Å². The van der Waals surface area contributed by atoms with Gasteiger partial charge in [-0.15, -0.1) is 0 Å². The van der Waals surface area contributed by atoms with E-state index in [1.165, 1.54) is 18.9 Å². The van der Waals surface area contributed by atoms with Gasteiger partial charge in [-0.2, -0.15) is 5.10 Å². The number of aromatic amines is 2. The molecule has 45 heavy (non-hydrogen) atoms. The Hall–Kier alpha value is -4.80. The molecule has 9 nitrogen and oxygen atoms in total. The van der Waals surface area contributed by atoms with Gasteiger partial charge in [0.2, 0.25) is 0 Å². The second kappa shape index (κ2) is 12.7. The lowest BCUT2D eigenvalue weighted by Gasteiger charge is -2.15. The summed E-state index contributed by atoms with van der Waals surface area (Å²) in [4.78, 5) is 17.0. The standard InChI is InChI=1S/C35H36FN7O2/c1-42(2)10-12-45-28-16-24(20-37-22-28)25-17-31-34(40-41-35(31)38-21-25)33-19-30-29(6-5-7-32(30)39-33)23-14-26(36)18-27(15-23)44-13-11-43-8-3-4-9-43/h5-7,14-22,39H,3-4,8-13H2,1-2H3,(H,38,40,41). The Kier molecular flexibility index (Phi) is 8.15. The van der Waals surface area contributed by atoms with E-state index in [0.29, 0.717) is 30.4 Å². The molecular formula is C35H36FN7O2. The van der Waals surface area contributed by atoms with Crippen molar-refractivity contribution in [2.45, 2.75) is 12.8 Å². The number of ether oxygens (including phenoxy) is 2. The van der Waals surface area contributed by atoms with Crippen LogP contribution in [-0.2, 0) is 0 Å². The minimum absolute atomic E-state index is 0.324. The highest BCUT2D eigenvalue weighted by Gasteiger charge is 2.17. The Balaban J connectivity index is 1.18. The van der Waals surface area contributed by atoms with E-state index in [9.17, 15) is 4.39 Å². The Labute approximate surface area is 261 Å². The summed E-state index contributed by atoms with van der Waals surface area (Å²) in [5.74, 6) is 0.924. The second-order valence-electron chi connectivity index (χ2n) is 11.8. The molecule has 1 aliphatic rings. The highest BCUT2D eigenvalue weighted by Crippen LogP contribution is 2.36. The van der Waals surface area contributed by atoms with Crippen LogP contribution in [0.5, 0.6) is 11.5 Å². The maximum atomic E-state index is 14.8. The Morgan fingerprint density at radius 1 is 0.867 bits per heavy atom. The molecule has 0 radical (unpaired) electrons. The summed E-state index contributed by atoms with van der Waals surface area (Å²) in [5.41, 5.74) is 6.67. The molecule has 4 aromatic heterocycles. The smallest absolute Gasteiger partial charge is 0.155 e. The van der Waals surface area contributed by atoms with Gasteiger partial charge in [-0.1, -0.05) is 12.1 Å². The zero-order chi connectivity index (χ0) is 30.8. The van der Waals surface area contributed by atoms with Crippen molar-refractivity contribution in [2.75, 3.05) is 53.5 Å². The minimum Gasteiger partial charge on any atom is -0.492 e. The Morgan fingerprint density at radius 3 is 2.56 bits per heavy atom. The summed E-state index contributed by atoms with van der Waals surface area (Å²) < 4.78 is 26.7. The van der Waals surface area contributed by atoms with Crippen LogP contribution >= 0.6 is 0 Å². The van der Waals surface area contributed by atoms with E-state index < -0.39 is 0 Å². The van der Waals surface area contributed by atoms with Gasteiger partial charge in [0.15, 0.2) is 5.65 Å². The first-order chi connectivity index (χ1) is 22.0. The maximum Gasteiger partial charge on any atom is 0.155 e. The second-order valence-corrected chi connectivity index (χ2v) is 11.8. The fourth-order valence-corrected chi connectivity index (χ4v) is 5.90. The molecular weight excluding hydrogens is 569 g/mol. The summed E-state index contributed by atoms with van der Waals surface area (Å²) in [6.07, 6.45) is 7.80. The summed E-state index contributed by atoms with van der Waals surface area (Å²) in [5, 5.41) is 9.52. The summed E-state index contributed by atoms with van der Waals surface area (Å²) >= 11 is 0. The van der Waals surface area contributed by atoms with E-state index in [1.54, 1.807) is 18.5 Å². The molecule has 0 unspecified atom stereocenters. The number of likely N-dealkylation sites (N-methyl/N-ethyl adjacent to an activating group) is 1. The van der Waals surface area contributed by atoms with Crippen LogP contribution in [0.2, 0.25) is 0 Å². The number of pyridine rings is 2. The summed E-state index contributed by atoms with van der Waals surface area (Å²) in [6.45, 7) is 4.99. The van der Waals surface area contributed by atoms with Crippen molar-refractivity contribution in [1.82, 2.24) is 34.9 Å². The van der Waals surface area contributed by atoms with Crippen molar-refractivity contribution in [2.24, 2.45) is 0 Å². The Morgan fingerprint density at radius 2 is 1.69 bits per heavy atom. The number of H-pyrrole nitrogens is 2. The summed E-state index contributed by atoms with van der Waals surface area (Å²) in [7, 11) is 4.03. The van der Waals surface area contributed by atoms with Crippen molar-refractivity contribution >= 4 is 21.9 Å². The van der Waals surface area contributed by atoms with Gasteiger partial charge in [-0.25, -0.2) is 9.37 Å². The molecule has 1 aliphatic heterocycles. The maximum absolute atomic E-state index is 14.8. The number of hydrogen-bond donors (Lipinski definition) is 2. The first-order valence-electron chi connectivity index (χ1n) is 15.4. The number of nitrogens with one attached hydrogen (secondary N) is 2. The third kappa shape index (κ3) is 6.38. The lowest BCUT2D eigenvalue weighted by Crippen LogP contribution is -2.25. The number of nitrogens with zero attached hydrogens (tertiary/aromatic N) is 5. The van der Waals surface area contributed by atoms with Gasteiger partial charge in [0.05, 0.1) is 11.9 Å². The zero-order valence-corrected chi connectivity index (χ0v) is 25.5. The first kappa shape index (κ1) is 28.9. The normalized spacial score (nSPS) is 13.8. The van der Waals surface area contributed by atoms with Crippen LogP contribution in [0.4, 0.5) is 4.39 Å². The van der Waals surface area contributed by atoms with E-state index in [-0.39, 0.29) is 5.82 Å². The molecule has 10 heteroatoms. The van der Waals surface area contributed by atoms with E-state index >= 15 is 0 Å². The number of fused-ring (bicyclic) bond motifs is 2. The van der Waals surface area contributed by atoms with Crippen LogP contribution in [0, 0.1) is 5.82 Å². The first-order valence-corrected chi connectivity index (χ1v) is 15.4. The van der Waals surface area contributed by atoms with E-state index in [0.717, 1.165) is 76.1 Å². The van der Waals surface area contributed by atoms with Crippen molar-refractivity contribution < 1.29 is 13.9 Å². The molecule has 5 heterocycles. The van der Waals surface area contributed by atoms with Gasteiger partial charge in [-0.3, -0.25) is 15.0 Å². The molecule has 2 aromatic carbocycles. The van der Waals surface area contributed by atoms with Crippen LogP contribution in [0.3, 0.4) is 0 Å². The molecule has 7 rings (SSSR count). The molecule has 0 aliphatic carbocycles. The van der Waals surface area contributed by atoms with Crippen LogP contribution in [0.25, 0.3) is 55.6 Å². The van der Waals surface area contributed by atoms with Gasteiger partial charge in [-0.05, 0) is 87.6 Å². The number of aromatic nitrogens is 5. The quantitative estimate of drug-likeness (QED) is 0.177. The summed E-state index contributed by atoms with van der Waals surface area (Å²) in [6, 6.07) is 17.0. The van der Waals surface area contributed by atoms with Crippen LogP contribution in [0.15, 0.2) is 73.2 Å². The van der Waals surface area contributed by atoms with Crippen LogP contribution in [0.1, 0.15) is 12.8 Å². The zero-order valence-electron chi connectivity index (χ0n) is 25.5. The molecule has 0 amide bonds. The van der Waals surface area contributed by atoms with Gasteiger partial charge in [0.1, 0.15) is 36.2 Å². The highest BCUT2D eigenvalue weighted by molar-refractivity contribution is 6.01. The third-order valence-corrected chi connectivity index (χ3v) is 8.25. The fourth-order valence-electron chi connectivity index (χ4n) is 5.90. The number of benzene rings is 2. The predicted octanol–water partition coefficient (Wildman–Crippen LogP) is 6.39. The number of likely N-dealkylation sites (tertiary alicyclic amines) is 1. The van der Waals surface area contributed by atoms with Gasteiger partial charge in [0.25, 0.3) is 0 Å². The van der Waals surface area contributed by atoms with Crippen molar-refractivity contribution in [3.05, 3.63) is 79.0 Å². The molecule has 6 aromatic rings.